The predicted octanol–water partition coefficient (Wildman–Crippen LogP) is 8.35. The molecule has 0 atom stereocenters. The van der Waals surface area contributed by atoms with Crippen LogP contribution in [0.3, 0.4) is 0 Å². The normalized spacial score (nSPS) is 18.5. The van der Waals surface area contributed by atoms with Crippen LogP contribution in [0.2, 0.25) is 0 Å². The van der Waals surface area contributed by atoms with Crippen LogP contribution >= 0.6 is 0 Å². The Balaban J connectivity index is 1.37. The van der Waals surface area contributed by atoms with Gasteiger partial charge in [-0.05, 0) is 85.7 Å². The Morgan fingerprint density at radius 1 is 0.548 bits per heavy atom. The van der Waals surface area contributed by atoms with Crippen LogP contribution in [0.25, 0.3) is 33.1 Å². The van der Waals surface area contributed by atoms with E-state index in [-0.39, 0.29) is 0 Å². The van der Waals surface area contributed by atoms with Crippen molar-refractivity contribution in [3.05, 3.63) is 125 Å². The fraction of sp³-hybridized carbons (Fsp3) is 0.189. The molecule has 9 rings (SSSR count). The Morgan fingerprint density at radius 3 is 1.86 bits per heavy atom. The molecule has 5 heteroatoms. The summed E-state index contributed by atoms with van der Waals surface area (Å²) in [6.07, 6.45) is 0. The Bertz CT molecular complexity index is 2040. The van der Waals surface area contributed by atoms with Gasteiger partial charge in [0.2, 0.25) is 0 Å². The minimum Gasteiger partial charge on any atom is -0.457 e. The molecular formula is C37H29BO4. The zero-order valence-corrected chi connectivity index (χ0v) is 24.0. The van der Waals surface area contributed by atoms with Crippen molar-refractivity contribution in [3.8, 4) is 22.6 Å². The minimum absolute atomic E-state index is 0.435. The summed E-state index contributed by atoms with van der Waals surface area (Å²) in [6.45, 7) is 8.36. The molecule has 1 saturated heterocycles. The van der Waals surface area contributed by atoms with E-state index in [9.17, 15) is 0 Å². The highest BCUT2D eigenvalue weighted by Crippen LogP contribution is 2.62. The quantitative estimate of drug-likeness (QED) is 0.193. The molecule has 5 aromatic carbocycles. The van der Waals surface area contributed by atoms with Crippen LogP contribution in [0.15, 0.2) is 108 Å². The summed E-state index contributed by atoms with van der Waals surface area (Å²) in [5, 5.41) is 2.11. The highest BCUT2D eigenvalue weighted by molar-refractivity contribution is 6.66. The van der Waals surface area contributed by atoms with Crippen molar-refractivity contribution >= 4 is 34.5 Å². The summed E-state index contributed by atoms with van der Waals surface area (Å²) in [5.41, 5.74) is 8.45. The maximum Gasteiger partial charge on any atom is 0.495 e. The molecule has 0 amide bonds. The van der Waals surface area contributed by atoms with E-state index in [4.69, 9.17) is 18.5 Å². The molecule has 1 fully saturated rings. The van der Waals surface area contributed by atoms with Crippen molar-refractivity contribution in [1.29, 1.82) is 0 Å². The standard InChI is InChI=1S/C37H29BO4/c1-35(2)36(3,4)42-38(41-35)29-16-11-19-32-34(29)24-20-23-22-12-5-6-13-25(22)37(28(23)21-33(24)40-32)26-14-7-9-17-30(26)39-31-18-10-8-15-27(31)37/h5-21H,1-4H3. The van der Waals surface area contributed by atoms with Crippen LogP contribution in [-0.4, -0.2) is 18.3 Å². The summed E-state index contributed by atoms with van der Waals surface area (Å²) < 4.78 is 26.2. The molecule has 0 bridgehead atoms. The van der Waals surface area contributed by atoms with Gasteiger partial charge in [-0.3, -0.25) is 0 Å². The Labute approximate surface area is 245 Å². The van der Waals surface area contributed by atoms with Gasteiger partial charge in [0.15, 0.2) is 0 Å². The molecule has 1 spiro atoms. The predicted molar refractivity (Wildman–Crippen MR) is 167 cm³/mol. The van der Waals surface area contributed by atoms with Crippen LogP contribution in [0.4, 0.5) is 0 Å². The number of furan rings is 1. The van der Waals surface area contributed by atoms with Gasteiger partial charge in [-0.1, -0.05) is 72.8 Å². The molecule has 2 aliphatic heterocycles. The Hall–Kier alpha value is -4.32. The molecule has 42 heavy (non-hydrogen) atoms. The zero-order chi connectivity index (χ0) is 28.4. The third-order valence-electron chi connectivity index (χ3n) is 10.0. The highest BCUT2D eigenvalue weighted by atomic mass is 16.7. The van der Waals surface area contributed by atoms with Crippen molar-refractivity contribution in [2.45, 2.75) is 44.3 Å². The van der Waals surface area contributed by atoms with E-state index in [2.05, 4.69) is 107 Å². The van der Waals surface area contributed by atoms with Gasteiger partial charge in [0.1, 0.15) is 22.7 Å². The largest absolute Gasteiger partial charge is 0.495 e. The molecule has 1 aromatic heterocycles. The first-order valence-corrected chi connectivity index (χ1v) is 14.6. The van der Waals surface area contributed by atoms with Crippen LogP contribution in [0.1, 0.15) is 49.9 Å². The van der Waals surface area contributed by atoms with E-state index in [0.29, 0.717) is 0 Å². The van der Waals surface area contributed by atoms with Gasteiger partial charge in [-0.15, -0.1) is 0 Å². The SMILES string of the molecule is CC1(C)OB(c2cccc3oc4cc5c(cc4c23)-c2ccccc2C52c3ccccc3Oc3ccccc32)OC1(C)C. The lowest BCUT2D eigenvalue weighted by molar-refractivity contribution is 0.00578. The lowest BCUT2D eigenvalue weighted by Crippen LogP contribution is -2.41. The maximum atomic E-state index is 6.65. The van der Waals surface area contributed by atoms with Gasteiger partial charge in [0.05, 0.1) is 16.6 Å². The molecule has 4 nitrogen and oxygen atoms in total. The zero-order valence-electron chi connectivity index (χ0n) is 24.0. The van der Waals surface area contributed by atoms with Crippen LogP contribution in [0.5, 0.6) is 11.5 Å². The summed E-state index contributed by atoms with van der Waals surface area (Å²) in [4.78, 5) is 0. The van der Waals surface area contributed by atoms with E-state index >= 15 is 0 Å². The lowest BCUT2D eigenvalue weighted by Gasteiger charge is -2.39. The Morgan fingerprint density at radius 2 is 1.17 bits per heavy atom. The molecule has 3 heterocycles. The molecule has 1 aliphatic carbocycles. The third-order valence-corrected chi connectivity index (χ3v) is 10.0. The van der Waals surface area contributed by atoms with Gasteiger partial charge in [0.25, 0.3) is 0 Å². The van der Waals surface area contributed by atoms with Gasteiger partial charge < -0.3 is 18.5 Å². The average Bonchev–Trinajstić information content (AvgIpc) is 3.57. The molecular weight excluding hydrogens is 519 g/mol. The fourth-order valence-electron chi connectivity index (χ4n) is 7.36. The van der Waals surface area contributed by atoms with Crippen molar-refractivity contribution < 1.29 is 18.5 Å². The van der Waals surface area contributed by atoms with Crippen molar-refractivity contribution in [2.24, 2.45) is 0 Å². The topological polar surface area (TPSA) is 40.8 Å². The van der Waals surface area contributed by atoms with E-state index in [0.717, 1.165) is 50.0 Å². The number of hydrogen-bond acceptors (Lipinski definition) is 4. The smallest absolute Gasteiger partial charge is 0.457 e. The molecule has 3 aliphatic rings. The van der Waals surface area contributed by atoms with E-state index in [1.165, 1.54) is 22.3 Å². The molecule has 0 radical (unpaired) electrons. The van der Waals surface area contributed by atoms with Gasteiger partial charge in [0, 0.05) is 21.9 Å². The Kier molecular flexibility index (Phi) is 4.60. The van der Waals surface area contributed by atoms with E-state index in [1.54, 1.807) is 0 Å². The van der Waals surface area contributed by atoms with Gasteiger partial charge in [-0.25, -0.2) is 0 Å². The molecule has 0 saturated carbocycles. The molecule has 204 valence electrons. The molecule has 0 N–H and O–H groups in total. The monoisotopic (exact) mass is 548 g/mol. The minimum atomic E-state index is -0.529. The highest BCUT2D eigenvalue weighted by Gasteiger charge is 2.53. The van der Waals surface area contributed by atoms with Crippen LogP contribution < -0.4 is 10.2 Å². The summed E-state index contributed by atoms with van der Waals surface area (Å²) in [6, 6.07) is 36.4. The number of hydrogen-bond donors (Lipinski definition) is 0. The first-order valence-electron chi connectivity index (χ1n) is 14.6. The van der Waals surface area contributed by atoms with Crippen molar-refractivity contribution in [2.75, 3.05) is 0 Å². The number of para-hydroxylation sites is 2. The lowest BCUT2D eigenvalue weighted by atomic mass is 9.66. The van der Waals surface area contributed by atoms with E-state index < -0.39 is 23.7 Å². The first kappa shape index (κ1) is 24.3. The molecule has 6 aromatic rings. The average molecular weight is 548 g/mol. The van der Waals surface area contributed by atoms with Crippen LogP contribution in [-0.2, 0) is 14.7 Å². The van der Waals surface area contributed by atoms with Crippen molar-refractivity contribution in [1.82, 2.24) is 0 Å². The maximum absolute atomic E-state index is 6.65. The van der Waals surface area contributed by atoms with Crippen LogP contribution in [0, 0.1) is 0 Å². The fourth-order valence-corrected chi connectivity index (χ4v) is 7.36. The summed E-state index contributed by atoms with van der Waals surface area (Å²) in [7, 11) is -0.486. The summed E-state index contributed by atoms with van der Waals surface area (Å²) >= 11 is 0. The first-order chi connectivity index (χ1) is 20.3. The van der Waals surface area contributed by atoms with Crippen molar-refractivity contribution in [3.63, 3.8) is 0 Å². The second-order valence-corrected chi connectivity index (χ2v) is 12.7. The second kappa shape index (κ2) is 7.94. The molecule has 0 unspecified atom stereocenters. The van der Waals surface area contributed by atoms with Gasteiger partial charge >= 0.3 is 7.12 Å². The summed E-state index contributed by atoms with van der Waals surface area (Å²) in [5.74, 6) is 1.76. The third kappa shape index (κ3) is 2.90. The number of ether oxygens (including phenoxy) is 1. The van der Waals surface area contributed by atoms with E-state index in [1.807, 2.05) is 24.3 Å². The number of fused-ring (bicyclic) bond motifs is 12. The van der Waals surface area contributed by atoms with Gasteiger partial charge in [-0.2, -0.15) is 0 Å². The number of benzene rings is 5. The number of rotatable bonds is 1. The second-order valence-electron chi connectivity index (χ2n) is 12.7.